The summed E-state index contributed by atoms with van der Waals surface area (Å²) < 4.78 is 5.25. The van der Waals surface area contributed by atoms with Crippen LogP contribution in [0.4, 0.5) is 0 Å². The van der Waals surface area contributed by atoms with Gasteiger partial charge in [0, 0.05) is 30.3 Å². The fourth-order valence-corrected chi connectivity index (χ4v) is 2.68. The molecule has 2 nitrogen and oxygen atoms in total. The van der Waals surface area contributed by atoms with Gasteiger partial charge in [-0.05, 0) is 25.0 Å². The zero-order chi connectivity index (χ0) is 11.2. The van der Waals surface area contributed by atoms with Gasteiger partial charge in [0.05, 0.1) is 6.10 Å². The Kier molecular flexibility index (Phi) is 4.69. The normalized spacial score (nSPS) is 24.1. The van der Waals surface area contributed by atoms with Crippen LogP contribution < -0.4 is 5.32 Å². The zero-order valence-corrected chi connectivity index (χ0v) is 10.5. The van der Waals surface area contributed by atoms with Gasteiger partial charge >= 0.3 is 0 Å². The molecule has 1 aliphatic carbocycles. The molecule has 1 N–H and O–H groups in total. The molecule has 2 rings (SSSR count). The van der Waals surface area contributed by atoms with E-state index in [1.165, 1.54) is 17.7 Å². The number of nitrogens with one attached hydrogen (secondary N) is 1. The molecule has 1 aromatic carbocycles. The lowest BCUT2D eigenvalue weighted by Gasteiger charge is -2.34. The van der Waals surface area contributed by atoms with Crippen LogP contribution in [0.15, 0.2) is 35.2 Å². The van der Waals surface area contributed by atoms with Crippen LogP contribution in [0, 0.1) is 0 Å². The molecule has 0 unspecified atom stereocenters. The molecule has 1 aliphatic rings. The smallest absolute Gasteiger partial charge is 0.0601 e. The Morgan fingerprint density at radius 2 is 2.06 bits per heavy atom. The average Bonchev–Trinajstić information content (AvgIpc) is 2.28. The number of hydrogen-bond acceptors (Lipinski definition) is 3. The zero-order valence-electron chi connectivity index (χ0n) is 9.69. The summed E-state index contributed by atoms with van der Waals surface area (Å²) >= 11 is 1.91. The number of benzene rings is 1. The van der Waals surface area contributed by atoms with Crippen LogP contribution in [0.1, 0.15) is 12.8 Å². The maximum Gasteiger partial charge on any atom is 0.0601 e. The van der Waals surface area contributed by atoms with Crippen molar-refractivity contribution < 1.29 is 4.74 Å². The second-order valence-electron chi connectivity index (χ2n) is 4.14. The van der Waals surface area contributed by atoms with Crippen molar-refractivity contribution in [2.45, 2.75) is 29.9 Å². The minimum Gasteiger partial charge on any atom is -0.381 e. The second-order valence-corrected chi connectivity index (χ2v) is 5.31. The molecular formula is C13H19NOS. The van der Waals surface area contributed by atoms with Gasteiger partial charge in [-0.15, -0.1) is 11.8 Å². The molecule has 1 saturated carbocycles. The van der Waals surface area contributed by atoms with Gasteiger partial charge in [-0.2, -0.15) is 0 Å². The quantitative estimate of drug-likeness (QED) is 0.607. The summed E-state index contributed by atoms with van der Waals surface area (Å²) in [6.45, 7) is 1.08. The van der Waals surface area contributed by atoms with Crippen molar-refractivity contribution in [2.75, 3.05) is 19.4 Å². The Labute approximate surface area is 102 Å². The predicted molar refractivity (Wildman–Crippen MR) is 69.0 cm³/mol. The molecule has 16 heavy (non-hydrogen) atoms. The third-order valence-electron chi connectivity index (χ3n) is 2.98. The molecule has 0 aromatic heterocycles. The topological polar surface area (TPSA) is 21.3 Å². The van der Waals surface area contributed by atoms with Gasteiger partial charge in [0.1, 0.15) is 0 Å². The highest BCUT2D eigenvalue weighted by molar-refractivity contribution is 7.99. The van der Waals surface area contributed by atoms with Gasteiger partial charge < -0.3 is 10.1 Å². The maximum absolute atomic E-state index is 5.25. The van der Waals surface area contributed by atoms with Gasteiger partial charge in [-0.25, -0.2) is 0 Å². The molecule has 1 aromatic rings. The highest BCUT2D eigenvalue weighted by Gasteiger charge is 2.27. The molecule has 0 saturated heterocycles. The summed E-state index contributed by atoms with van der Waals surface area (Å²) in [7, 11) is 1.80. The van der Waals surface area contributed by atoms with Crippen LogP contribution in [0.5, 0.6) is 0 Å². The highest BCUT2D eigenvalue weighted by atomic mass is 32.2. The molecule has 3 heteroatoms. The van der Waals surface area contributed by atoms with E-state index in [0.29, 0.717) is 12.1 Å². The van der Waals surface area contributed by atoms with E-state index in [9.17, 15) is 0 Å². The summed E-state index contributed by atoms with van der Waals surface area (Å²) in [4.78, 5) is 1.35. The number of thioether (sulfide) groups is 1. The van der Waals surface area contributed by atoms with Gasteiger partial charge in [-0.1, -0.05) is 18.2 Å². The Hall–Kier alpha value is -0.510. The molecule has 0 radical (unpaired) electrons. The number of methoxy groups -OCH3 is 1. The minimum atomic E-state index is 0.499. The average molecular weight is 237 g/mol. The van der Waals surface area contributed by atoms with Crippen molar-refractivity contribution in [3.63, 3.8) is 0 Å². The van der Waals surface area contributed by atoms with E-state index in [2.05, 4.69) is 35.6 Å². The van der Waals surface area contributed by atoms with Gasteiger partial charge in [-0.3, -0.25) is 0 Å². The predicted octanol–water partition coefficient (Wildman–Crippen LogP) is 2.55. The van der Waals surface area contributed by atoms with Crippen molar-refractivity contribution in [3.05, 3.63) is 30.3 Å². The van der Waals surface area contributed by atoms with E-state index >= 15 is 0 Å². The van der Waals surface area contributed by atoms with E-state index in [-0.39, 0.29) is 0 Å². The molecule has 0 aliphatic heterocycles. The van der Waals surface area contributed by atoms with E-state index in [1.807, 2.05) is 11.8 Å². The second kappa shape index (κ2) is 6.28. The van der Waals surface area contributed by atoms with Gasteiger partial charge in [0.2, 0.25) is 0 Å². The molecule has 88 valence electrons. The van der Waals surface area contributed by atoms with Crippen LogP contribution in [-0.2, 0) is 4.74 Å². The van der Waals surface area contributed by atoms with Crippen molar-refractivity contribution in [1.29, 1.82) is 0 Å². The van der Waals surface area contributed by atoms with Crippen LogP contribution in [0.2, 0.25) is 0 Å². The van der Waals surface area contributed by atoms with Crippen molar-refractivity contribution in [3.8, 4) is 0 Å². The van der Waals surface area contributed by atoms with Crippen LogP contribution in [0.25, 0.3) is 0 Å². The van der Waals surface area contributed by atoms with Crippen LogP contribution in [0.3, 0.4) is 0 Å². The molecule has 0 bridgehead atoms. The van der Waals surface area contributed by atoms with Gasteiger partial charge in [0.15, 0.2) is 0 Å². The van der Waals surface area contributed by atoms with E-state index < -0.39 is 0 Å². The van der Waals surface area contributed by atoms with E-state index in [4.69, 9.17) is 4.74 Å². The molecule has 1 fully saturated rings. The fraction of sp³-hybridized carbons (Fsp3) is 0.538. The Balaban J connectivity index is 1.53. The van der Waals surface area contributed by atoms with E-state index in [0.717, 1.165) is 12.3 Å². The first-order chi connectivity index (χ1) is 7.88. The van der Waals surface area contributed by atoms with E-state index in [1.54, 1.807) is 7.11 Å². The summed E-state index contributed by atoms with van der Waals surface area (Å²) in [5.41, 5.74) is 0. The number of rotatable bonds is 6. The Morgan fingerprint density at radius 3 is 2.75 bits per heavy atom. The number of ether oxygens (including phenoxy) is 1. The summed E-state index contributed by atoms with van der Waals surface area (Å²) in [5, 5.41) is 3.55. The van der Waals surface area contributed by atoms with Crippen molar-refractivity contribution in [2.24, 2.45) is 0 Å². The molecule has 0 spiro atoms. The maximum atomic E-state index is 5.25. The summed E-state index contributed by atoms with van der Waals surface area (Å²) in [5.74, 6) is 1.14. The number of hydrogen-bond donors (Lipinski definition) is 1. The Bertz CT molecular complexity index is 298. The SMILES string of the molecule is COC1CC(NCCSc2ccccc2)C1. The third kappa shape index (κ3) is 3.51. The monoisotopic (exact) mass is 237 g/mol. The first-order valence-corrected chi connectivity index (χ1v) is 6.81. The third-order valence-corrected chi connectivity index (χ3v) is 3.99. The lowest BCUT2D eigenvalue weighted by atomic mass is 9.89. The molecular weight excluding hydrogens is 218 g/mol. The molecule has 0 amide bonds. The molecule has 0 atom stereocenters. The first kappa shape index (κ1) is 12.0. The van der Waals surface area contributed by atoms with Crippen LogP contribution in [-0.4, -0.2) is 31.6 Å². The minimum absolute atomic E-state index is 0.499. The lowest BCUT2D eigenvalue weighted by molar-refractivity contribution is 0.0181. The van der Waals surface area contributed by atoms with Crippen molar-refractivity contribution >= 4 is 11.8 Å². The van der Waals surface area contributed by atoms with Crippen molar-refractivity contribution in [1.82, 2.24) is 5.32 Å². The van der Waals surface area contributed by atoms with Gasteiger partial charge in [0.25, 0.3) is 0 Å². The fourth-order valence-electron chi connectivity index (χ4n) is 1.87. The Morgan fingerprint density at radius 1 is 1.31 bits per heavy atom. The van der Waals surface area contributed by atoms with Crippen LogP contribution >= 0.6 is 11.8 Å². The highest BCUT2D eigenvalue weighted by Crippen LogP contribution is 2.22. The summed E-state index contributed by atoms with van der Waals surface area (Å²) in [6, 6.07) is 11.2. The lowest BCUT2D eigenvalue weighted by Crippen LogP contribution is -2.45. The first-order valence-electron chi connectivity index (χ1n) is 5.82. The summed E-state index contributed by atoms with van der Waals surface area (Å²) in [6.07, 6.45) is 2.85. The largest absolute Gasteiger partial charge is 0.381 e. The standard InChI is InChI=1S/C13H19NOS/c1-15-12-9-11(10-12)14-7-8-16-13-5-3-2-4-6-13/h2-6,11-12,14H,7-10H2,1H3. The molecule has 0 heterocycles.